The highest BCUT2D eigenvalue weighted by molar-refractivity contribution is 7.91. The third-order valence-corrected chi connectivity index (χ3v) is 9.37. The number of nitrogens with zero attached hydrogens (tertiary/aromatic N) is 1. The quantitative estimate of drug-likeness (QED) is 0.373. The average molecular weight is 545 g/mol. The molecule has 1 aromatic heterocycles. The number of ketones is 1. The van der Waals surface area contributed by atoms with Crippen LogP contribution in [0.3, 0.4) is 0 Å². The second-order valence-electron chi connectivity index (χ2n) is 10.6. The maximum absolute atomic E-state index is 13.7. The van der Waals surface area contributed by atoms with Gasteiger partial charge in [-0.15, -0.1) is 0 Å². The van der Waals surface area contributed by atoms with Crippen LogP contribution in [0.4, 0.5) is 0 Å². The number of carbonyl (C=O) groups is 4. The third kappa shape index (κ3) is 4.82. The number of aromatic amines is 1. The molecule has 1 aliphatic carbocycles. The van der Waals surface area contributed by atoms with Gasteiger partial charge in [-0.1, -0.05) is 12.5 Å². The number of H-pyrrole nitrogens is 1. The summed E-state index contributed by atoms with van der Waals surface area (Å²) in [5, 5.41) is 15.4. The number of nitrogens with one attached hydrogen (secondary N) is 3. The summed E-state index contributed by atoms with van der Waals surface area (Å²) in [5.74, 6) is -2.04. The van der Waals surface area contributed by atoms with Crippen LogP contribution < -0.4 is 10.6 Å². The van der Waals surface area contributed by atoms with E-state index >= 15 is 0 Å². The van der Waals surface area contributed by atoms with Crippen molar-refractivity contribution in [3.05, 3.63) is 30.0 Å². The molecule has 5 rings (SSSR count). The highest BCUT2D eigenvalue weighted by Crippen LogP contribution is 2.43. The molecule has 3 aliphatic rings. The maximum Gasteiger partial charge on any atom is 0.271 e. The minimum absolute atomic E-state index is 0.0745. The van der Waals surface area contributed by atoms with Crippen molar-refractivity contribution in [2.75, 3.05) is 26.0 Å². The number of aromatic nitrogens is 1. The smallest absolute Gasteiger partial charge is 0.271 e. The van der Waals surface area contributed by atoms with Crippen molar-refractivity contribution >= 4 is 44.2 Å². The van der Waals surface area contributed by atoms with Gasteiger partial charge < -0.3 is 25.6 Å². The van der Waals surface area contributed by atoms with Crippen LogP contribution in [-0.2, 0) is 24.2 Å². The molecular weight excluding hydrogens is 512 g/mol. The Morgan fingerprint density at radius 1 is 1.21 bits per heavy atom. The van der Waals surface area contributed by atoms with Gasteiger partial charge in [-0.25, -0.2) is 8.42 Å². The molecule has 3 fully saturated rings. The van der Waals surface area contributed by atoms with Crippen molar-refractivity contribution in [2.24, 2.45) is 17.8 Å². The minimum Gasteiger partial charge on any atom is -0.389 e. The monoisotopic (exact) mass is 544 g/mol. The summed E-state index contributed by atoms with van der Waals surface area (Å²) < 4.78 is 24.5. The summed E-state index contributed by atoms with van der Waals surface area (Å²) in [6, 6.07) is 4.43. The van der Waals surface area contributed by atoms with E-state index in [0.717, 1.165) is 25.5 Å². The number of rotatable bonds is 8. The fourth-order valence-electron chi connectivity index (χ4n) is 6.36. The van der Waals surface area contributed by atoms with Gasteiger partial charge in [-0.2, -0.15) is 0 Å². The number of amides is 3. The molecule has 3 heterocycles. The van der Waals surface area contributed by atoms with E-state index in [0.29, 0.717) is 30.4 Å². The van der Waals surface area contributed by atoms with Crippen molar-refractivity contribution in [3.63, 3.8) is 0 Å². The first kappa shape index (κ1) is 26.4. The molecule has 4 N–H and O–H groups in total. The Balaban J connectivity index is 1.42. The van der Waals surface area contributed by atoms with Crippen LogP contribution in [0, 0.1) is 17.8 Å². The van der Waals surface area contributed by atoms with E-state index in [1.165, 1.54) is 17.0 Å². The second kappa shape index (κ2) is 10.1. The first-order chi connectivity index (χ1) is 18.1. The molecule has 2 aromatic rings. The van der Waals surface area contributed by atoms with Crippen molar-refractivity contribution in [2.45, 2.75) is 49.1 Å². The van der Waals surface area contributed by atoms with Gasteiger partial charge in [0, 0.05) is 36.2 Å². The van der Waals surface area contributed by atoms with E-state index in [1.807, 2.05) is 0 Å². The summed E-state index contributed by atoms with van der Waals surface area (Å²) >= 11 is 0. The van der Waals surface area contributed by atoms with Crippen LogP contribution >= 0.6 is 0 Å². The molecule has 0 radical (unpaired) electrons. The Morgan fingerprint density at radius 3 is 2.68 bits per heavy atom. The Bertz CT molecular complexity index is 1400. The molecule has 1 unspecified atom stereocenters. The fraction of sp³-hybridized carbons (Fsp3) is 0.538. The molecule has 12 heteroatoms. The summed E-state index contributed by atoms with van der Waals surface area (Å²) in [5.41, 5.74) is 0.680. The molecule has 2 aliphatic heterocycles. The number of hydrogen-bond donors (Lipinski definition) is 4. The molecule has 1 saturated carbocycles. The Kier molecular flexibility index (Phi) is 7.03. The van der Waals surface area contributed by atoms with Gasteiger partial charge in [0.1, 0.15) is 18.3 Å². The lowest BCUT2D eigenvalue weighted by atomic mass is 9.92. The van der Waals surface area contributed by atoms with Crippen molar-refractivity contribution < 1.29 is 32.7 Å². The minimum atomic E-state index is -3.53. The van der Waals surface area contributed by atoms with Gasteiger partial charge in [0.05, 0.1) is 10.9 Å². The molecule has 2 saturated heterocycles. The number of carbonyl (C=O) groups excluding carboxylic acids is 4. The number of aliphatic hydroxyl groups is 1. The summed E-state index contributed by atoms with van der Waals surface area (Å²) in [6.45, 7) is 0.105. The second-order valence-corrected chi connectivity index (χ2v) is 12.6. The average Bonchev–Trinajstić information content (AvgIpc) is 3.65. The number of likely N-dealkylation sites (tertiary alicyclic amines) is 1. The van der Waals surface area contributed by atoms with Crippen LogP contribution in [0.5, 0.6) is 0 Å². The van der Waals surface area contributed by atoms with E-state index < -0.39 is 52.0 Å². The molecular formula is C26H32N4O7S. The number of benzene rings is 1. The zero-order valence-electron chi connectivity index (χ0n) is 21.1. The van der Waals surface area contributed by atoms with Gasteiger partial charge in [0.25, 0.3) is 5.91 Å². The van der Waals surface area contributed by atoms with E-state index in [1.54, 1.807) is 12.1 Å². The molecule has 11 nitrogen and oxygen atoms in total. The first-order valence-corrected chi connectivity index (χ1v) is 14.8. The van der Waals surface area contributed by atoms with Crippen LogP contribution in [-0.4, -0.2) is 84.9 Å². The lowest BCUT2D eigenvalue weighted by Crippen LogP contribution is -2.53. The molecule has 204 valence electrons. The van der Waals surface area contributed by atoms with Crippen LogP contribution in [0.25, 0.3) is 10.9 Å². The molecule has 1 aromatic carbocycles. The predicted octanol–water partition coefficient (Wildman–Crippen LogP) is 0.385. The number of sulfone groups is 1. The van der Waals surface area contributed by atoms with Gasteiger partial charge >= 0.3 is 0 Å². The zero-order chi connectivity index (χ0) is 27.2. The summed E-state index contributed by atoms with van der Waals surface area (Å²) in [6.07, 6.45) is 4.32. The van der Waals surface area contributed by atoms with E-state index in [-0.39, 0.29) is 34.8 Å². The predicted molar refractivity (Wildman–Crippen MR) is 137 cm³/mol. The molecule has 0 bridgehead atoms. The van der Waals surface area contributed by atoms with E-state index in [2.05, 4.69) is 15.6 Å². The largest absolute Gasteiger partial charge is 0.389 e. The Morgan fingerprint density at radius 2 is 2.00 bits per heavy atom. The SMILES string of the molecule is CS(=O)(=O)c1cccc2[nH]c(C(=O)N3C[C@@H]4CCC[C@@H]4[C@H]3C(=O)NC(C[C@@H]3CCNC3=O)C(=O)CO)cc12. The summed E-state index contributed by atoms with van der Waals surface area (Å²) in [7, 11) is -3.53. The van der Waals surface area contributed by atoms with E-state index in [4.69, 9.17) is 0 Å². The number of hydrogen-bond acceptors (Lipinski definition) is 7. The lowest BCUT2D eigenvalue weighted by molar-refractivity contribution is -0.133. The highest BCUT2D eigenvalue weighted by atomic mass is 32.2. The van der Waals surface area contributed by atoms with Crippen LogP contribution in [0.1, 0.15) is 42.6 Å². The van der Waals surface area contributed by atoms with E-state index in [9.17, 15) is 32.7 Å². The first-order valence-electron chi connectivity index (χ1n) is 12.9. The highest BCUT2D eigenvalue weighted by Gasteiger charge is 2.50. The Labute approximate surface area is 220 Å². The van der Waals surface area contributed by atoms with Crippen molar-refractivity contribution in [1.82, 2.24) is 20.5 Å². The van der Waals surface area contributed by atoms with Crippen LogP contribution in [0.15, 0.2) is 29.2 Å². The van der Waals surface area contributed by atoms with Gasteiger partial charge in [-0.3, -0.25) is 19.2 Å². The van der Waals surface area contributed by atoms with Gasteiger partial charge in [-0.05, 0) is 55.7 Å². The topological polar surface area (TPSA) is 166 Å². The standard InChI is InChI=1S/C26H32N4O7S/c1-38(36,37)22-7-3-6-18-17(22)11-20(28-18)26(35)30-12-15-4-2-5-16(15)23(30)25(34)29-19(21(32)13-31)10-14-8-9-27-24(14)33/h3,6-7,11,14-16,19,23,28,31H,2,4-5,8-10,12-13H2,1H3,(H,27,33)(H,29,34)/t14-,15-,16-,19?,23-/m0/s1. The van der Waals surface area contributed by atoms with Crippen molar-refractivity contribution in [3.8, 4) is 0 Å². The Hall–Kier alpha value is -3.25. The van der Waals surface area contributed by atoms with Crippen molar-refractivity contribution in [1.29, 1.82) is 0 Å². The van der Waals surface area contributed by atoms with Crippen LogP contribution in [0.2, 0.25) is 0 Å². The lowest BCUT2D eigenvalue weighted by Gasteiger charge is -2.29. The molecule has 38 heavy (non-hydrogen) atoms. The number of Topliss-reactive ketones (excluding diaryl/α,β-unsaturated/α-hetero) is 1. The molecule has 5 atom stereocenters. The maximum atomic E-state index is 13.7. The third-order valence-electron chi connectivity index (χ3n) is 8.22. The number of fused-ring (bicyclic) bond motifs is 2. The molecule has 3 amide bonds. The fourth-order valence-corrected chi connectivity index (χ4v) is 7.26. The normalized spacial score (nSPS) is 25.8. The number of aliphatic hydroxyl groups excluding tert-OH is 1. The zero-order valence-corrected chi connectivity index (χ0v) is 21.9. The van der Waals surface area contributed by atoms with Gasteiger partial charge in [0.15, 0.2) is 15.6 Å². The molecule has 0 spiro atoms. The van der Waals surface area contributed by atoms with Gasteiger partial charge in [0.2, 0.25) is 11.8 Å². The summed E-state index contributed by atoms with van der Waals surface area (Å²) in [4.78, 5) is 56.6.